The predicted octanol–water partition coefficient (Wildman–Crippen LogP) is 3.18. The van der Waals surface area contributed by atoms with Crippen LogP contribution in [0.4, 0.5) is 27.8 Å². The summed E-state index contributed by atoms with van der Waals surface area (Å²) in [6.45, 7) is 5.29. The van der Waals surface area contributed by atoms with E-state index in [1.165, 1.54) is 12.0 Å². The van der Waals surface area contributed by atoms with Gasteiger partial charge < -0.3 is 25.0 Å². The summed E-state index contributed by atoms with van der Waals surface area (Å²) in [6.07, 6.45) is 5.83. The van der Waals surface area contributed by atoms with Gasteiger partial charge in [0.1, 0.15) is 23.6 Å². The van der Waals surface area contributed by atoms with Crippen molar-refractivity contribution in [3.8, 4) is 0 Å². The molecule has 3 aliphatic rings. The van der Waals surface area contributed by atoms with Crippen LogP contribution in [0.15, 0.2) is 30.7 Å². The van der Waals surface area contributed by atoms with E-state index >= 15 is 0 Å². The molecule has 0 aliphatic carbocycles. The van der Waals surface area contributed by atoms with Crippen molar-refractivity contribution in [2.45, 2.75) is 50.4 Å². The molecule has 0 bridgehead atoms. The number of aliphatic hydroxyl groups is 1. The quantitative estimate of drug-likeness (QED) is 0.572. The number of aromatic nitrogens is 4. The molecule has 35 heavy (non-hydrogen) atoms. The first kappa shape index (κ1) is 22.4. The lowest BCUT2D eigenvalue weighted by Crippen LogP contribution is -2.46. The second kappa shape index (κ2) is 9.16. The highest BCUT2D eigenvalue weighted by atomic mass is 19.1. The second-order valence-corrected chi connectivity index (χ2v) is 9.73. The van der Waals surface area contributed by atoms with Gasteiger partial charge in [0.25, 0.3) is 0 Å². The molecule has 10 heteroatoms. The van der Waals surface area contributed by atoms with Gasteiger partial charge in [-0.15, -0.1) is 0 Å². The summed E-state index contributed by atoms with van der Waals surface area (Å²) in [5.74, 6) is 3.00. The first-order valence-corrected chi connectivity index (χ1v) is 12.4. The maximum atomic E-state index is 14.0. The zero-order chi connectivity index (χ0) is 23.9. The van der Waals surface area contributed by atoms with Crippen LogP contribution >= 0.6 is 0 Å². The van der Waals surface area contributed by atoms with Crippen LogP contribution in [-0.2, 0) is 4.74 Å². The van der Waals surface area contributed by atoms with E-state index in [9.17, 15) is 9.50 Å². The highest BCUT2D eigenvalue weighted by molar-refractivity contribution is 5.96. The Morgan fingerprint density at radius 1 is 1.09 bits per heavy atom. The Kier molecular flexibility index (Phi) is 5.85. The van der Waals surface area contributed by atoms with Gasteiger partial charge in [0, 0.05) is 55.6 Å². The lowest BCUT2D eigenvalue weighted by Gasteiger charge is -2.40. The molecule has 2 N–H and O–H groups in total. The van der Waals surface area contributed by atoms with Crippen LogP contribution in [0.2, 0.25) is 0 Å². The summed E-state index contributed by atoms with van der Waals surface area (Å²) in [7, 11) is 0. The summed E-state index contributed by atoms with van der Waals surface area (Å²) >= 11 is 0. The van der Waals surface area contributed by atoms with Gasteiger partial charge in [-0.2, -0.15) is 4.98 Å². The number of aliphatic hydroxyl groups excluding tert-OH is 1. The smallest absolute Gasteiger partial charge is 0.227 e. The number of halogens is 1. The van der Waals surface area contributed by atoms with E-state index in [4.69, 9.17) is 9.72 Å². The molecule has 3 fully saturated rings. The molecule has 0 radical (unpaired) electrons. The number of pyridine rings is 2. The number of anilines is 4. The highest BCUT2D eigenvalue weighted by Crippen LogP contribution is 2.37. The van der Waals surface area contributed by atoms with E-state index < -0.39 is 12.3 Å². The van der Waals surface area contributed by atoms with Gasteiger partial charge in [-0.1, -0.05) is 0 Å². The third-order valence-corrected chi connectivity index (χ3v) is 7.43. The first-order valence-electron chi connectivity index (χ1n) is 12.4. The number of hydrogen-bond acceptors (Lipinski definition) is 9. The van der Waals surface area contributed by atoms with Gasteiger partial charge >= 0.3 is 0 Å². The van der Waals surface area contributed by atoms with Gasteiger partial charge in [-0.25, -0.2) is 19.3 Å². The Hall–Kier alpha value is -3.11. The number of rotatable bonds is 5. The van der Waals surface area contributed by atoms with Crippen molar-refractivity contribution >= 4 is 34.2 Å². The van der Waals surface area contributed by atoms with Crippen molar-refractivity contribution in [3.05, 3.63) is 36.3 Å². The molecule has 0 aromatic carbocycles. The third kappa shape index (κ3) is 4.25. The zero-order valence-corrected chi connectivity index (χ0v) is 19.8. The molecular weight excluding hydrogens is 449 g/mol. The van der Waals surface area contributed by atoms with Crippen molar-refractivity contribution in [2.75, 3.05) is 48.0 Å². The SMILES string of the molecule is C[C@@H]1CCN1c1ncc([C@H]2CCOC2)c2cc(Nc3ccnc(N4CC[C@@H](O)[C@@H](F)C4)n3)ncc12. The molecule has 6 heterocycles. The standard InChI is InChI=1S/C25H30FN7O2/c1-15-3-8-33(15)24-19-12-28-23(10-17(19)18(11-29-24)16-5-9-35-14-16)30-22-2-6-27-25(31-22)32-7-4-21(34)20(26)13-32/h2,6,10-12,15-16,20-21,34H,3-5,7-9,13-14H2,1H3,(H,27,28,30,31)/t15-,16+,20+,21-/m1/s1. The molecule has 3 aromatic rings. The van der Waals surface area contributed by atoms with E-state index in [-0.39, 0.29) is 6.54 Å². The molecule has 4 atom stereocenters. The largest absolute Gasteiger partial charge is 0.390 e. The molecule has 6 rings (SSSR count). The molecule has 0 saturated carbocycles. The lowest BCUT2D eigenvalue weighted by atomic mass is 9.94. The molecule has 3 aromatic heterocycles. The summed E-state index contributed by atoms with van der Waals surface area (Å²) in [5.41, 5.74) is 1.18. The summed E-state index contributed by atoms with van der Waals surface area (Å²) in [6, 6.07) is 4.31. The van der Waals surface area contributed by atoms with Crippen LogP contribution < -0.4 is 15.1 Å². The van der Waals surface area contributed by atoms with Crippen LogP contribution in [0.5, 0.6) is 0 Å². The van der Waals surface area contributed by atoms with Gasteiger partial charge in [0.15, 0.2) is 0 Å². The van der Waals surface area contributed by atoms with Gasteiger partial charge in [0.05, 0.1) is 19.3 Å². The first-order chi connectivity index (χ1) is 17.1. The number of ether oxygens (including phenoxy) is 1. The second-order valence-electron chi connectivity index (χ2n) is 9.73. The van der Waals surface area contributed by atoms with Crippen molar-refractivity contribution < 1.29 is 14.2 Å². The Labute approximate surface area is 203 Å². The minimum atomic E-state index is -1.30. The Morgan fingerprint density at radius 3 is 2.74 bits per heavy atom. The third-order valence-electron chi connectivity index (χ3n) is 7.43. The summed E-state index contributed by atoms with van der Waals surface area (Å²) < 4.78 is 19.7. The lowest BCUT2D eigenvalue weighted by molar-refractivity contribution is 0.0612. The van der Waals surface area contributed by atoms with E-state index in [0.717, 1.165) is 36.2 Å². The van der Waals surface area contributed by atoms with Crippen molar-refractivity contribution in [1.29, 1.82) is 0 Å². The number of alkyl halides is 1. The van der Waals surface area contributed by atoms with Crippen molar-refractivity contribution in [1.82, 2.24) is 19.9 Å². The topological polar surface area (TPSA) is 99.5 Å². The molecule has 9 nitrogen and oxygen atoms in total. The fourth-order valence-electron chi connectivity index (χ4n) is 5.15. The van der Waals surface area contributed by atoms with Crippen LogP contribution in [0, 0.1) is 0 Å². The monoisotopic (exact) mass is 479 g/mol. The average Bonchev–Trinajstić information content (AvgIpc) is 3.40. The van der Waals surface area contributed by atoms with Crippen molar-refractivity contribution in [2.24, 2.45) is 0 Å². The highest BCUT2D eigenvalue weighted by Gasteiger charge is 2.30. The van der Waals surface area contributed by atoms with Gasteiger partial charge in [-0.05, 0) is 49.3 Å². The van der Waals surface area contributed by atoms with E-state index in [2.05, 4.69) is 38.2 Å². The minimum absolute atomic E-state index is 0.0797. The predicted molar refractivity (Wildman–Crippen MR) is 132 cm³/mol. The molecule has 0 spiro atoms. The Bertz CT molecular complexity index is 1220. The molecule has 3 saturated heterocycles. The Balaban J connectivity index is 1.31. The molecular formula is C25H30FN7O2. The maximum absolute atomic E-state index is 14.0. The van der Waals surface area contributed by atoms with Crippen LogP contribution in [-0.4, -0.2) is 76.2 Å². The van der Waals surface area contributed by atoms with Crippen LogP contribution in [0.1, 0.15) is 37.7 Å². The number of hydrogen-bond donors (Lipinski definition) is 2. The Morgan fingerprint density at radius 2 is 2.00 bits per heavy atom. The summed E-state index contributed by atoms with van der Waals surface area (Å²) in [4.78, 5) is 22.5. The zero-order valence-electron chi connectivity index (χ0n) is 19.8. The van der Waals surface area contributed by atoms with Gasteiger partial charge in [-0.3, -0.25) is 0 Å². The van der Waals surface area contributed by atoms with Crippen LogP contribution in [0.25, 0.3) is 10.8 Å². The fourth-order valence-corrected chi connectivity index (χ4v) is 5.15. The van der Waals surface area contributed by atoms with Gasteiger partial charge in [0.2, 0.25) is 5.95 Å². The summed E-state index contributed by atoms with van der Waals surface area (Å²) in [5, 5.41) is 15.2. The number of fused-ring (bicyclic) bond motifs is 1. The number of nitrogens with one attached hydrogen (secondary N) is 1. The van der Waals surface area contributed by atoms with E-state index in [1.54, 1.807) is 17.2 Å². The fraction of sp³-hybridized carbons (Fsp3) is 0.520. The maximum Gasteiger partial charge on any atom is 0.227 e. The molecule has 3 aliphatic heterocycles. The normalized spacial score (nSPS) is 26.7. The number of nitrogens with zero attached hydrogens (tertiary/aromatic N) is 6. The average molecular weight is 480 g/mol. The molecule has 184 valence electrons. The van der Waals surface area contributed by atoms with E-state index in [1.807, 2.05) is 12.4 Å². The van der Waals surface area contributed by atoms with E-state index in [0.29, 0.717) is 49.1 Å². The molecule has 0 amide bonds. The minimum Gasteiger partial charge on any atom is -0.390 e. The van der Waals surface area contributed by atoms with Crippen LogP contribution in [0.3, 0.4) is 0 Å². The number of piperidine rings is 1. The molecule has 0 unspecified atom stereocenters. The van der Waals surface area contributed by atoms with Crippen molar-refractivity contribution in [3.63, 3.8) is 0 Å².